The van der Waals surface area contributed by atoms with Crippen molar-refractivity contribution in [3.8, 4) is 0 Å². The van der Waals surface area contributed by atoms with Gasteiger partial charge in [0.25, 0.3) is 0 Å². The highest BCUT2D eigenvalue weighted by Gasteiger charge is 2.29. The van der Waals surface area contributed by atoms with E-state index in [9.17, 15) is 4.79 Å². The zero-order valence-electron chi connectivity index (χ0n) is 14.2. The lowest BCUT2D eigenvalue weighted by atomic mass is 10.1. The summed E-state index contributed by atoms with van der Waals surface area (Å²) in [4.78, 5) is 19.5. The Morgan fingerprint density at radius 2 is 1.59 bits per heavy atom. The van der Waals surface area contributed by atoms with E-state index in [1.54, 1.807) is 0 Å². The molecule has 2 heterocycles. The summed E-state index contributed by atoms with van der Waals surface area (Å²) < 4.78 is 5.71. The normalized spacial score (nSPS) is 32.5. The minimum absolute atomic E-state index is 0.159. The number of ether oxygens (including phenoxy) is 1. The molecule has 0 spiro atoms. The number of carbonyl (C=O) groups excluding carboxylic acids is 1. The smallest absolute Gasteiger partial charge is 0.236 e. The summed E-state index contributed by atoms with van der Waals surface area (Å²) in [5, 5.41) is 0. The topological polar surface area (TPSA) is 36.0 Å². The molecule has 5 nitrogen and oxygen atoms in total. The summed E-state index contributed by atoms with van der Waals surface area (Å²) in [5.41, 5.74) is 0. The van der Waals surface area contributed by atoms with Gasteiger partial charge >= 0.3 is 0 Å². The Kier molecular flexibility index (Phi) is 5.37. The molecule has 0 aromatic heterocycles. The van der Waals surface area contributed by atoms with Gasteiger partial charge in [0, 0.05) is 45.3 Å². The first-order valence-corrected chi connectivity index (χ1v) is 9.01. The molecule has 0 N–H and O–H groups in total. The van der Waals surface area contributed by atoms with Gasteiger partial charge in [0.1, 0.15) is 0 Å². The Hall–Kier alpha value is -0.650. The summed E-state index contributed by atoms with van der Waals surface area (Å²) in [6, 6.07) is 0.818. The van der Waals surface area contributed by atoms with Crippen molar-refractivity contribution in [2.45, 2.75) is 57.8 Å². The third-order valence-corrected chi connectivity index (χ3v) is 5.38. The van der Waals surface area contributed by atoms with E-state index in [2.05, 4.69) is 23.6 Å². The van der Waals surface area contributed by atoms with E-state index in [1.807, 2.05) is 4.90 Å². The fourth-order valence-electron chi connectivity index (χ4n) is 4.23. The zero-order chi connectivity index (χ0) is 15.5. The van der Waals surface area contributed by atoms with Crippen LogP contribution in [0.1, 0.15) is 39.5 Å². The molecule has 1 aliphatic carbocycles. The van der Waals surface area contributed by atoms with Gasteiger partial charge in [0.2, 0.25) is 5.91 Å². The molecule has 5 heteroatoms. The lowest BCUT2D eigenvalue weighted by Gasteiger charge is -2.40. The molecular weight excluding hydrogens is 278 g/mol. The molecule has 3 aliphatic rings. The van der Waals surface area contributed by atoms with Crippen LogP contribution in [0.2, 0.25) is 0 Å². The number of morpholine rings is 1. The van der Waals surface area contributed by atoms with E-state index in [0.29, 0.717) is 6.54 Å². The maximum absolute atomic E-state index is 12.5. The molecule has 126 valence electrons. The van der Waals surface area contributed by atoms with Crippen molar-refractivity contribution >= 4 is 5.91 Å². The summed E-state index contributed by atoms with van der Waals surface area (Å²) in [5.74, 6) is 0.274. The Morgan fingerprint density at radius 1 is 1.00 bits per heavy atom. The van der Waals surface area contributed by atoms with E-state index in [0.717, 1.165) is 45.3 Å². The molecule has 2 saturated heterocycles. The van der Waals surface area contributed by atoms with Crippen LogP contribution in [0.25, 0.3) is 0 Å². The van der Waals surface area contributed by atoms with Crippen molar-refractivity contribution in [1.82, 2.24) is 14.7 Å². The third-order valence-electron chi connectivity index (χ3n) is 5.38. The molecule has 1 saturated carbocycles. The van der Waals surface area contributed by atoms with E-state index in [4.69, 9.17) is 4.74 Å². The Labute approximate surface area is 134 Å². The maximum atomic E-state index is 12.5. The SMILES string of the molecule is CC1CN(C(=O)CN2CCN(C3CCCC3)CC2)CC(C)O1. The predicted octanol–water partition coefficient (Wildman–Crippen LogP) is 1.18. The summed E-state index contributed by atoms with van der Waals surface area (Å²) >= 11 is 0. The van der Waals surface area contributed by atoms with Crippen LogP contribution in [-0.4, -0.2) is 84.7 Å². The van der Waals surface area contributed by atoms with Gasteiger partial charge in [0.05, 0.1) is 18.8 Å². The first-order valence-electron chi connectivity index (χ1n) is 9.01. The molecule has 22 heavy (non-hydrogen) atoms. The molecule has 2 unspecified atom stereocenters. The van der Waals surface area contributed by atoms with E-state index in [1.165, 1.54) is 25.7 Å². The number of piperazine rings is 1. The standard InChI is InChI=1S/C17H31N3O2/c1-14-11-20(12-15(2)22-14)17(21)13-18-7-9-19(10-8-18)16-5-3-4-6-16/h14-16H,3-13H2,1-2H3. The van der Waals surface area contributed by atoms with Crippen molar-refractivity contribution in [3.05, 3.63) is 0 Å². The predicted molar refractivity (Wildman–Crippen MR) is 86.9 cm³/mol. The first-order chi connectivity index (χ1) is 10.6. The maximum Gasteiger partial charge on any atom is 0.236 e. The average molecular weight is 309 g/mol. The van der Waals surface area contributed by atoms with Crippen molar-refractivity contribution in [2.75, 3.05) is 45.8 Å². The minimum Gasteiger partial charge on any atom is -0.372 e. The van der Waals surface area contributed by atoms with E-state index < -0.39 is 0 Å². The third kappa shape index (κ3) is 4.00. The molecular formula is C17H31N3O2. The molecule has 0 aromatic carbocycles. The molecule has 2 atom stereocenters. The number of hydrogen-bond donors (Lipinski definition) is 0. The number of rotatable bonds is 3. The minimum atomic E-state index is 0.159. The summed E-state index contributed by atoms with van der Waals surface area (Å²) in [7, 11) is 0. The van der Waals surface area contributed by atoms with Crippen molar-refractivity contribution in [2.24, 2.45) is 0 Å². The van der Waals surface area contributed by atoms with Crippen LogP contribution in [0.5, 0.6) is 0 Å². The van der Waals surface area contributed by atoms with Gasteiger partial charge in [-0.05, 0) is 26.7 Å². The second kappa shape index (κ2) is 7.28. The number of amides is 1. The van der Waals surface area contributed by atoms with Crippen LogP contribution in [0, 0.1) is 0 Å². The highest BCUT2D eigenvalue weighted by atomic mass is 16.5. The van der Waals surface area contributed by atoms with Crippen LogP contribution >= 0.6 is 0 Å². The second-order valence-electron chi connectivity index (χ2n) is 7.31. The van der Waals surface area contributed by atoms with Gasteiger partial charge in [-0.25, -0.2) is 0 Å². The lowest BCUT2D eigenvalue weighted by molar-refractivity contribution is -0.144. The quantitative estimate of drug-likeness (QED) is 0.784. The van der Waals surface area contributed by atoms with Crippen LogP contribution in [0.4, 0.5) is 0 Å². The van der Waals surface area contributed by atoms with Gasteiger partial charge in [-0.2, -0.15) is 0 Å². The monoisotopic (exact) mass is 309 g/mol. The Bertz CT molecular complexity index is 366. The molecule has 3 rings (SSSR count). The van der Waals surface area contributed by atoms with Gasteiger partial charge in [-0.15, -0.1) is 0 Å². The number of carbonyl (C=O) groups is 1. The van der Waals surface area contributed by atoms with Crippen LogP contribution in [0.15, 0.2) is 0 Å². The Morgan fingerprint density at radius 3 is 2.18 bits per heavy atom. The lowest BCUT2D eigenvalue weighted by Crippen LogP contribution is -2.54. The van der Waals surface area contributed by atoms with Gasteiger partial charge in [0.15, 0.2) is 0 Å². The summed E-state index contributed by atoms with van der Waals surface area (Å²) in [6.07, 6.45) is 5.87. The van der Waals surface area contributed by atoms with Crippen molar-refractivity contribution < 1.29 is 9.53 Å². The zero-order valence-corrected chi connectivity index (χ0v) is 14.2. The van der Waals surface area contributed by atoms with Gasteiger partial charge in [-0.1, -0.05) is 12.8 Å². The largest absolute Gasteiger partial charge is 0.372 e. The molecule has 0 aromatic rings. The highest BCUT2D eigenvalue weighted by Crippen LogP contribution is 2.24. The first kappa shape index (κ1) is 16.2. The fraction of sp³-hybridized carbons (Fsp3) is 0.941. The molecule has 1 amide bonds. The molecule has 0 radical (unpaired) electrons. The van der Waals surface area contributed by atoms with Crippen LogP contribution < -0.4 is 0 Å². The number of hydrogen-bond acceptors (Lipinski definition) is 4. The van der Waals surface area contributed by atoms with Crippen LogP contribution in [-0.2, 0) is 9.53 Å². The van der Waals surface area contributed by atoms with Gasteiger partial charge in [-0.3, -0.25) is 14.6 Å². The van der Waals surface area contributed by atoms with Crippen molar-refractivity contribution in [3.63, 3.8) is 0 Å². The molecule has 2 aliphatic heterocycles. The molecule has 3 fully saturated rings. The second-order valence-corrected chi connectivity index (χ2v) is 7.31. The number of nitrogens with zero attached hydrogens (tertiary/aromatic N) is 3. The van der Waals surface area contributed by atoms with Gasteiger partial charge < -0.3 is 9.64 Å². The van der Waals surface area contributed by atoms with E-state index in [-0.39, 0.29) is 18.1 Å². The van der Waals surface area contributed by atoms with Crippen molar-refractivity contribution in [1.29, 1.82) is 0 Å². The van der Waals surface area contributed by atoms with E-state index >= 15 is 0 Å². The average Bonchev–Trinajstić information content (AvgIpc) is 3.01. The molecule has 0 bridgehead atoms. The fourth-order valence-corrected chi connectivity index (χ4v) is 4.23. The Balaban J connectivity index is 1.43. The summed E-state index contributed by atoms with van der Waals surface area (Å²) in [6.45, 7) is 10.5. The highest BCUT2D eigenvalue weighted by molar-refractivity contribution is 5.78. The van der Waals surface area contributed by atoms with Crippen LogP contribution in [0.3, 0.4) is 0 Å².